The third-order valence-electron chi connectivity index (χ3n) is 4.47. The van der Waals surface area contributed by atoms with Gasteiger partial charge in [-0.15, -0.1) is 5.10 Å². The molecule has 1 saturated heterocycles. The first-order chi connectivity index (χ1) is 13.7. The molecule has 0 atom stereocenters. The smallest absolute Gasteiger partial charge is 0.266 e. The van der Waals surface area contributed by atoms with Gasteiger partial charge in [0.1, 0.15) is 6.54 Å². The fourth-order valence-electron chi connectivity index (χ4n) is 3.06. The predicted octanol–water partition coefficient (Wildman–Crippen LogP) is -0.390. The highest BCUT2D eigenvalue weighted by Crippen LogP contribution is 2.08. The molecular formula is C17H23N9O2. The molecule has 1 fully saturated rings. The minimum Gasteiger partial charge on any atom is -0.378 e. The number of aromatic nitrogens is 7. The Balaban J connectivity index is 1.20. The normalized spacial score (nSPS) is 14.5. The molecule has 4 heterocycles. The second-order valence-electron chi connectivity index (χ2n) is 6.72. The van der Waals surface area contributed by atoms with Crippen LogP contribution < -0.4 is 10.2 Å². The van der Waals surface area contributed by atoms with Crippen LogP contribution >= 0.6 is 0 Å². The van der Waals surface area contributed by atoms with Crippen molar-refractivity contribution >= 4 is 17.5 Å². The molecule has 0 bridgehead atoms. The van der Waals surface area contributed by atoms with E-state index in [0.29, 0.717) is 25.7 Å². The third kappa shape index (κ3) is 4.42. The summed E-state index contributed by atoms with van der Waals surface area (Å²) in [7, 11) is 0. The molecule has 0 radical (unpaired) electrons. The summed E-state index contributed by atoms with van der Waals surface area (Å²) in [4.78, 5) is 19.8. The molecule has 1 amide bonds. The summed E-state index contributed by atoms with van der Waals surface area (Å²) in [6, 6.07) is 1.94. The second-order valence-corrected chi connectivity index (χ2v) is 6.72. The van der Waals surface area contributed by atoms with E-state index in [1.807, 2.05) is 30.3 Å². The molecule has 0 unspecified atom stereocenters. The largest absolute Gasteiger partial charge is 0.378 e. The first kappa shape index (κ1) is 18.3. The summed E-state index contributed by atoms with van der Waals surface area (Å²) in [6.07, 6.45) is 5.45. The molecule has 0 aliphatic carbocycles. The summed E-state index contributed by atoms with van der Waals surface area (Å²) in [5, 5.41) is 19.5. The average Bonchev–Trinajstić information content (AvgIpc) is 3.31. The maximum Gasteiger partial charge on any atom is 0.266 e. The Hall–Kier alpha value is -3.08. The molecule has 0 saturated carbocycles. The van der Waals surface area contributed by atoms with Crippen molar-refractivity contribution in [2.45, 2.75) is 26.3 Å². The van der Waals surface area contributed by atoms with E-state index in [1.54, 1.807) is 4.52 Å². The fourth-order valence-corrected chi connectivity index (χ4v) is 3.06. The molecule has 1 aliphatic heterocycles. The van der Waals surface area contributed by atoms with Crippen LogP contribution in [-0.4, -0.2) is 73.6 Å². The van der Waals surface area contributed by atoms with Crippen molar-refractivity contribution < 1.29 is 9.53 Å². The van der Waals surface area contributed by atoms with E-state index in [0.717, 1.165) is 42.8 Å². The summed E-state index contributed by atoms with van der Waals surface area (Å²) in [5.41, 5.74) is 2.86. The lowest BCUT2D eigenvalue weighted by atomic mass is 10.2. The highest BCUT2D eigenvalue weighted by Gasteiger charge is 2.16. The number of tetrazole rings is 1. The Labute approximate surface area is 161 Å². The van der Waals surface area contributed by atoms with Crippen molar-refractivity contribution in [1.29, 1.82) is 0 Å². The van der Waals surface area contributed by atoms with Gasteiger partial charge in [-0.1, -0.05) is 5.10 Å². The zero-order chi connectivity index (χ0) is 19.3. The minimum absolute atomic E-state index is 0.0530. The van der Waals surface area contributed by atoms with Crippen LogP contribution in [-0.2, 0) is 22.5 Å². The average molecular weight is 385 g/mol. The third-order valence-corrected chi connectivity index (χ3v) is 4.47. The number of carbonyl (C=O) groups excluding carboxylic acids is 1. The number of ether oxygens (including phenoxy) is 1. The Bertz CT molecular complexity index is 945. The van der Waals surface area contributed by atoms with E-state index in [4.69, 9.17) is 4.74 Å². The van der Waals surface area contributed by atoms with Crippen LogP contribution in [0, 0.1) is 6.92 Å². The number of anilines is 1. The van der Waals surface area contributed by atoms with Crippen molar-refractivity contribution in [2.24, 2.45) is 0 Å². The number of nitrogens with zero attached hydrogens (tertiary/aromatic N) is 8. The highest BCUT2D eigenvalue weighted by molar-refractivity contribution is 5.75. The number of aryl methyl sites for hydroxylation is 2. The van der Waals surface area contributed by atoms with Gasteiger partial charge in [0.05, 0.1) is 18.9 Å². The van der Waals surface area contributed by atoms with Crippen molar-refractivity contribution in [2.75, 3.05) is 37.7 Å². The molecule has 11 heteroatoms. The number of nitrogens with one attached hydrogen (secondary N) is 1. The summed E-state index contributed by atoms with van der Waals surface area (Å²) in [5.74, 6) is 0.398. The fraction of sp³-hybridized carbons (Fsp3) is 0.529. The minimum atomic E-state index is -0.137. The van der Waals surface area contributed by atoms with Crippen LogP contribution in [0.3, 0.4) is 0 Å². The zero-order valence-corrected chi connectivity index (χ0v) is 15.8. The van der Waals surface area contributed by atoms with Crippen LogP contribution in [0.5, 0.6) is 0 Å². The lowest BCUT2D eigenvalue weighted by molar-refractivity contribution is -0.122. The van der Waals surface area contributed by atoms with E-state index in [2.05, 4.69) is 30.8 Å². The lowest BCUT2D eigenvalue weighted by Crippen LogP contribution is -2.37. The van der Waals surface area contributed by atoms with Crippen LogP contribution in [0.25, 0.3) is 5.65 Å². The lowest BCUT2D eigenvalue weighted by Gasteiger charge is -2.24. The maximum absolute atomic E-state index is 12.1. The Morgan fingerprint density at radius 2 is 2.14 bits per heavy atom. The monoisotopic (exact) mass is 385 g/mol. The molecule has 1 N–H and O–H groups in total. The predicted molar refractivity (Wildman–Crippen MR) is 99.9 cm³/mol. The van der Waals surface area contributed by atoms with E-state index in [-0.39, 0.29) is 12.5 Å². The van der Waals surface area contributed by atoms with Crippen LogP contribution in [0.1, 0.15) is 17.7 Å². The Morgan fingerprint density at radius 1 is 1.29 bits per heavy atom. The molecule has 11 nitrogen and oxygen atoms in total. The summed E-state index contributed by atoms with van der Waals surface area (Å²) >= 11 is 0. The van der Waals surface area contributed by atoms with Gasteiger partial charge in [0.15, 0.2) is 5.65 Å². The highest BCUT2D eigenvalue weighted by atomic mass is 16.5. The number of fused-ring (bicyclic) bond motifs is 1. The van der Waals surface area contributed by atoms with Gasteiger partial charge in [-0.25, -0.2) is 9.50 Å². The van der Waals surface area contributed by atoms with Crippen molar-refractivity contribution in [3.8, 4) is 0 Å². The van der Waals surface area contributed by atoms with Gasteiger partial charge in [-0.3, -0.25) is 4.79 Å². The number of hydrogen-bond donors (Lipinski definition) is 1. The van der Waals surface area contributed by atoms with Crippen molar-refractivity contribution in [3.05, 3.63) is 29.7 Å². The molecule has 148 valence electrons. The molecule has 3 aromatic rings. The van der Waals surface area contributed by atoms with Gasteiger partial charge in [0, 0.05) is 38.1 Å². The van der Waals surface area contributed by atoms with E-state index < -0.39 is 0 Å². The summed E-state index contributed by atoms with van der Waals surface area (Å²) in [6.45, 7) is 5.33. The van der Waals surface area contributed by atoms with E-state index >= 15 is 0 Å². The summed E-state index contributed by atoms with van der Waals surface area (Å²) < 4.78 is 7.09. The van der Waals surface area contributed by atoms with E-state index in [1.165, 1.54) is 4.80 Å². The maximum atomic E-state index is 12.1. The van der Waals surface area contributed by atoms with Gasteiger partial charge in [-0.2, -0.15) is 9.90 Å². The van der Waals surface area contributed by atoms with Crippen LogP contribution in [0.15, 0.2) is 18.5 Å². The van der Waals surface area contributed by atoms with Gasteiger partial charge in [-0.05, 0) is 30.5 Å². The first-order valence-electron chi connectivity index (χ1n) is 9.35. The SMILES string of the molecule is Cc1cc2ncc(CCCNC(=O)Cn3nnc(N4CCOCC4)n3)cn2n1. The van der Waals surface area contributed by atoms with Gasteiger partial charge < -0.3 is 15.0 Å². The van der Waals surface area contributed by atoms with Gasteiger partial charge in [0.2, 0.25) is 5.91 Å². The molecule has 0 aromatic carbocycles. The molecule has 1 aliphatic rings. The van der Waals surface area contributed by atoms with Crippen LogP contribution in [0.4, 0.5) is 5.95 Å². The number of carbonyl (C=O) groups is 1. The number of morpholine rings is 1. The van der Waals surface area contributed by atoms with Gasteiger partial charge >= 0.3 is 0 Å². The van der Waals surface area contributed by atoms with Crippen molar-refractivity contribution in [3.63, 3.8) is 0 Å². The standard InChI is InChI=1S/C17H23N9O2/c1-13-9-15-19-10-14(11-25(15)21-13)3-2-4-18-16(27)12-26-22-17(20-23-26)24-5-7-28-8-6-24/h9-11H,2-8,12H2,1H3,(H,18,27). The van der Waals surface area contributed by atoms with E-state index in [9.17, 15) is 4.79 Å². The number of amides is 1. The van der Waals surface area contributed by atoms with Crippen molar-refractivity contribution in [1.82, 2.24) is 40.1 Å². The second kappa shape index (κ2) is 8.30. The number of hydrogen-bond acceptors (Lipinski definition) is 8. The molecule has 4 rings (SSSR count). The first-order valence-corrected chi connectivity index (χ1v) is 9.35. The number of rotatable bonds is 7. The topological polar surface area (TPSA) is 115 Å². The Morgan fingerprint density at radius 3 is 3.00 bits per heavy atom. The molecule has 3 aromatic heterocycles. The quantitative estimate of drug-likeness (QED) is 0.547. The van der Waals surface area contributed by atoms with Crippen LogP contribution in [0.2, 0.25) is 0 Å². The molecule has 28 heavy (non-hydrogen) atoms. The zero-order valence-electron chi connectivity index (χ0n) is 15.8. The Kier molecular flexibility index (Phi) is 5.42. The molecular weight excluding hydrogens is 362 g/mol. The van der Waals surface area contributed by atoms with Gasteiger partial charge in [0.25, 0.3) is 5.95 Å². The molecule has 0 spiro atoms.